The second-order valence-corrected chi connectivity index (χ2v) is 12.7. The number of amides is 2. The number of benzene rings is 3. The van der Waals surface area contributed by atoms with E-state index in [-0.39, 0.29) is 17.3 Å². The van der Waals surface area contributed by atoms with Crippen LogP contribution in [0.1, 0.15) is 50.8 Å². The van der Waals surface area contributed by atoms with Crippen molar-refractivity contribution in [2.75, 3.05) is 10.8 Å². The van der Waals surface area contributed by atoms with E-state index in [1.54, 1.807) is 54.6 Å². The van der Waals surface area contributed by atoms with Gasteiger partial charge in [-0.15, -0.1) is 0 Å². The second kappa shape index (κ2) is 12.5. The van der Waals surface area contributed by atoms with E-state index in [0.717, 1.165) is 21.0 Å². The quantitative estimate of drug-likeness (QED) is 0.376. The fraction of sp³-hybridized carbons (Fsp3) is 0.355. The molecule has 0 aliphatic carbocycles. The number of nitrogens with one attached hydrogen (secondary N) is 1. The van der Waals surface area contributed by atoms with E-state index >= 15 is 0 Å². The first kappa shape index (κ1) is 29.9. The first-order valence-corrected chi connectivity index (χ1v) is 14.6. The molecule has 3 aromatic rings. The summed E-state index contributed by atoms with van der Waals surface area (Å²) in [5, 5.41) is 2.98. The molecule has 2 amide bonds. The highest BCUT2D eigenvalue weighted by Crippen LogP contribution is 2.25. The summed E-state index contributed by atoms with van der Waals surface area (Å²) in [5.74, 6) is -0.746. The molecule has 3 aromatic carbocycles. The Labute approximate surface area is 232 Å². The summed E-state index contributed by atoms with van der Waals surface area (Å²) in [4.78, 5) is 29.0. The number of rotatable bonds is 10. The Morgan fingerprint density at radius 2 is 1.38 bits per heavy atom. The molecule has 0 radical (unpaired) electrons. The Hall–Kier alpha value is -3.65. The van der Waals surface area contributed by atoms with E-state index in [2.05, 4.69) is 5.32 Å². The van der Waals surface area contributed by atoms with Crippen molar-refractivity contribution in [3.8, 4) is 0 Å². The van der Waals surface area contributed by atoms with E-state index in [9.17, 15) is 18.0 Å². The van der Waals surface area contributed by atoms with Crippen molar-refractivity contribution in [2.45, 2.75) is 71.0 Å². The third-order valence-corrected chi connectivity index (χ3v) is 8.08. The van der Waals surface area contributed by atoms with E-state index < -0.39 is 34.1 Å². The molecule has 0 heterocycles. The molecule has 39 heavy (non-hydrogen) atoms. The van der Waals surface area contributed by atoms with Gasteiger partial charge in [-0.3, -0.25) is 13.9 Å². The predicted molar refractivity (Wildman–Crippen MR) is 156 cm³/mol. The molecule has 0 aliphatic rings. The topological polar surface area (TPSA) is 86.8 Å². The molecular formula is C31H39N3O4S. The summed E-state index contributed by atoms with van der Waals surface area (Å²) < 4.78 is 28.8. The number of sulfonamides is 1. The first-order chi connectivity index (χ1) is 18.3. The summed E-state index contributed by atoms with van der Waals surface area (Å²) in [6.45, 7) is 11.1. The van der Waals surface area contributed by atoms with Crippen molar-refractivity contribution in [3.63, 3.8) is 0 Å². The maximum Gasteiger partial charge on any atom is 0.264 e. The van der Waals surface area contributed by atoms with E-state index in [1.807, 2.05) is 65.8 Å². The van der Waals surface area contributed by atoms with Crippen LogP contribution in [-0.4, -0.2) is 43.3 Å². The maximum absolute atomic E-state index is 14.0. The smallest absolute Gasteiger partial charge is 0.264 e. The fourth-order valence-electron chi connectivity index (χ4n) is 4.22. The molecule has 1 unspecified atom stereocenters. The van der Waals surface area contributed by atoms with Crippen molar-refractivity contribution in [1.82, 2.24) is 10.2 Å². The van der Waals surface area contributed by atoms with Crippen LogP contribution in [0.2, 0.25) is 0 Å². The standard InChI is InChI=1S/C31H39N3O4S/c1-7-28(30(36)32-31(4,5)6)33(21-25-17-13-23(2)14-18-25)29(35)22-34(26-11-9-8-10-12-26)39(37,38)27-19-15-24(3)16-20-27/h8-20,28H,7,21-22H2,1-6H3,(H,32,36). The van der Waals surface area contributed by atoms with Gasteiger partial charge in [0, 0.05) is 12.1 Å². The Kier molecular flexibility index (Phi) is 9.56. The van der Waals surface area contributed by atoms with Crippen LogP contribution in [0, 0.1) is 13.8 Å². The number of aryl methyl sites for hydroxylation is 2. The van der Waals surface area contributed by atoms with Gasteiger partial charge in [-0.1, -0.05) is 72.6 Å². The van der Waals surface area contributed by atoms with Gasteiger partial charge < -0.3 is 10.2 Å². The zero-order valence-corrected chi connectivity index (χ0v) is 24.5. The largest absolute Gasteiger partial charge is 0.350 e. The Bertz CT molecular complexity index is 1360. The second-order valence-electron chi connectivity index (χ2n) is 10.8. The minimum Gasteiger partial charge on any atom is -0.350 e. The van der Waals surface area contributed by atoms with E-state index in [1.165, 1.54) is 4.90 Å². The van der Waals surface area contributed by atoms with Crippen molar-refractivity contribution in [1.29, 1.82) is 0 Å². The van der Waals surface area contributed by atoms with Crippen molar-refractivity contribution >= 4 is 27.5 Å². The van der Waals surface area contributed by atoms with Crippen LogP contribution < -0.4 is 9.62 Å². The van der Waals surface area contributed by atoms with Gasteiger partial charge in [0.05, 0.1) is 10.6 Å². The minimum atomic E-state index is -4.07. The van der Waals surface area contributed by atoms with Gasteiger partial charge in [0.25, 0.3) is 10.0 Å². The number of carbonyl (C=O) groups excluding carboxylic acids is 2. The monoisotopic (exact) mass is 549 g/mol. The average molecular weight is 550 g/mol. The SMILES string of the molecule is CCC(C(=O)NC(C)(C)C)N(Cc1ccc(C)cc1)C(=O)CN(c1ccccc1)S(=O)(=O)c1ccc(C)cc1. The van der Waals surface area contributed by atoms with Gasteiger partial charge >= 0.3 is 0 Å². The molecule has 0 bridgehead atoms. The molecule has 1 N–H and O–H groups in total. The molecule has 3 rings (SSSR count). The molecule has 0 aromatic heterocycles. The van der Waals surface area contributed by atoms with Crippen LogP contribution in [0.25, 0.3) is 0 Å². The van der Waals surface area contributed by atoms with Gasteiger partial charge in [0.15, 0.2) is 0 Å². The number of anilines is 1. The normalized spacial score (nSPS) is 12.5. The highest BCUT2D eigenvalue weighted by atomic mass is 32.2. The number of nitrogens with zero attached hydrogens (tertiary/aromatic N) is 2. The summed E-state index contributed by atoms with van der Waals surface area (Å²) in [6.07, 6.45) is 0.371. The lowest BCUT2D eigenvalue weighted by Crippen LogP contribution is -2.55. The summed E-state index contributed by atoms with van der Waals surface area (Å²) in [5.41, 5.74) is 2.73. The molecule has 0 aliphatic heterocycles. The molecular weight excluding hydrogens is 510 g/mol. The number of hydrogen-bond donors (Lipinski definition) is 1. The molecule has 0 spiro atoms. The molecule has 8 heteroatoms. The third-order valence-electron chi connectivity index (χ3n) is 6.29. The number of hydrogen-bond acceptors (Lipinski definition) is 4. The third kappa shape index (κ3) is 7.93. The molecule has 0 fully saturated rings. The van der Waals surface area contributed by atoms with E-state index in [4.69, 9.17) is 0 Å². The van der Waals surface area contributed by atoms with Crippen molar-refractivity contribution in [2.24, 2.45) is 0 Å². The number of para-hydroxylation sites is 1. The van der Waals surface area contributed by atoms with Gasteiger partial charge in [-0.2, -0.15) is 0 Å². The van der Waals surface area contributed by atoms with Crippen LogP contribution in [0.3, 0.4) is 0 Å². The van der Waals surface area contributed by atoms with Crippen LogP contribution in [0.4, 0.5) is 5.69 Å². The van der Waals surface area contributed by atoms with Crippen molar-refractivity contribution < 1.29 is 18.0 Å². The number of carbonyl (C=O) groups is 2. The summed E-state index contributed by atoms with van der Waals surface area (Å²) in [7, 11) is -4.07. The molecule has 1 atom stereocenters. The van der Waals surface area contributed by atoms with Crippen molar-refractivity contribution in [3.05, 3.63) is 95.6 Å². The van der Waals surface area contributed by atoms with Crippen LogP contribution in [0.15, 0.2) is 83.8 Å². The highest BCUT2D eigenvalue weighted by molar-refractivity contribution is 7.92. The Morgan fingerprint density at radius 3 is 1.90 bits per heavy atom. The Balaban J connectivity index is 2.04. The van der Waals surface area contributed by atoms with Crippen LogP contribution in [0.5, 0.6) is 0 Å². The van der Waals surface area contributed by atoms with Gasteiger partial charge in [0.1, 0.15) is 12.6 Å². The average Bonchev–Trinajstić information content (AvgIpc) is 2.87. The lowest BCUT2D eigenvalue weighted by atomic mass is 10.1. The minimum absolute atomic E-state index is 0.0901. The summed E-state index contributed by atoms with van der Waals surface area (Å²) >= 11 is 0. The highest BCUT2D eigenvalue weighted by Gasteiger charge is 2.34. The summed E-state index contributed by atoms with van der Waals surface area (Å²) in [6, 6.07) is 22.1. The zero-order chi connectivity index (χ0) is 28.8. The zero-order valence-electron chi connectivity index (χ0n) is 23.6. The lowest BCUT2D eigenvalue weighted by Gasteiger charge is -2.34. The Morgan fingerprint density at radius 1 is 0.846 bits per heavy atom. The van der Waals surface area contributed by atoms with Gasteiger partial charge in [0.2, 0.25) is 11.8 Å². The van der Waals surface area contributed by atoms with Crippen LogP contribution in [-0.2, 0) is 26.2 Å². The predicted octanol–water partition coefficient (Wildman–Crippen LogP) is 5.22. The molecule has 0 saturated carbocycles. The first-order valence-electron chi connectivity index (χ1n) is 13.1. The van der Waals surface area contributed by atoms with Crippen LogP contribution >= 0.6 is 0 Å². The maximum atomic E-state index is 14.0. The fourth-order valence-corrected chi connectivity index (χ4v) is 5.64. The van der Waals surface area contributed by atoms with E-state index in [0.29, 0.717) is 12.1 Å². The van der Waals surface area contributed by atoms with Gasteiger partial charge in [-0.05, 0) is 70.9 Å². The lowest BCUT2D eigenvalue weighted by molar-refractivity contribution is -0.141. The molecule has 208 valence electrons. The van der Waals surface area contributed by atoms with Gasteiger partial charge in [-0.25, -0.2) is 8.42 Å². The molecule has 7 nitrogen and oxygen atoms in total. The molecule has 0 saturated heterocycles.